The van der Waals surface area contributed by atoms with E-state index in [4.69, 9.17) is 9.84 Å². The summed E-state index contributed by atoms with van der Waals surface area (Å²) in [5.74, 6) is -0.356. The van der Waals surface area contributed by atoms with Crippen molar-refractivity contribution in [3.63, 3.8) is 0 Å². The van der Waals surface area contributed by atoms with Crippen molar-refractivity contribution >= 4 is 5.97 Å². The van der Waals surface area contributed by atoms with E-state index in [2.05, 4.69) is 9.97 Å². The first kappa shape index (κ1) is 12.0. The Bertz CT molecular complexity index is 552. The van der Waals surface area contributed by atoms with E-state index in [0.717, 1.165) is 11.3 Å². The molecule has 0 fully saturated rings. The van der Waals surface area contributed by atoms with Crippen LogP contribution in [0.15, 0.2) is 36.7 Å². The molecular formula is C13H12N2O3. The molecule has 0 aliphatic heterocycles. The molecule has 0 aliphatic rings. The highest BCUT2D eigenvalue weighted by Crippen LogP contribution is 2.13. The fraction of sp³-hybridized carbons (Fsp3) is 0.154. The second-order valence-electron chi connectivity index (χ2n) is 3.80. The minimum Gasteiger partial charge on any atom is -0.487 e. The Kier molecular flexibility index (Phi) is 3.52. The number of nitrogens with zero attached hydrogens (tertiary/aromatic N) is 2. The van der Waals surface area contributed by atoms with Crippen molar-refractivity contribution in [2.75, 3.05) is 0 Å². The number of aromatic carboxylic acids is 1. The normalized spacial score (nSPS) is 10.1. The van der Waals surface area contributed by atoms with Crippen molar-refractivity contribution in [3.8, 4) is 5.75 Å². The summed E-state index contributed by atoms with van der Waals surface area (Å²) in [6.07, 6.45) is 1.22. The number of aromatic nitrogens is 2. The molecule has 0 saturated carbocycles. The lowest BCUT2D eigenvalue weighted by atomic mass is 10.2. The fourth-order valence-corrected chi connectivity index (χ4v) is 1.39. The lowest BCUT2D eigenvalue weighted by Crippen LogP contribution is -2.05. The van der Waals surface area contributed by atoms with E-state index < -0.39 is 5.97 Å². The summed E-state index contributed by atoms with van der Waals surface area (Å²) in [4.78, 5) is 18.3. The molecule has 0 bridgehead atoms. The molecule has 18 heavy (non-hydrogen) atoms. The number of aryl methyl sites for hydroxylation is 1. The molecule has 0 saturated heterocycles. The SMILES string of the molecule is Cc1ccc(OCc2cc(C(=O)O)ncn2)cc1. The third-order valence-corrected chi connectivity index (χ3v) is 2.35. The van der Waals surface area contributed by atoms with Crippen LogP contribution in [0.25, 0.3) is 0 Å². The van der Waals surface area contributed by atoms with Gasteiger partial charge in [-0.05, 0) is 25.1 Å². The van der Waals surface area contributed by atoms with E-state index in [9.17, 15) is 4.79 Å². The van der Waals surface area contributed by atoms with Crippen LogP contribution in [0.5, 0.6) is 5.75 Å². The predicted molar refractivity (Wildman–Crippen MR) is 64.5 cm³/mol. The Balaban J connectivity index is 2.04. The second-order valence-corrected chi connectivity index (χ2v) is 3.80. The maximum atomic E-state index is 10.7. The zero-order valence-corrected chi connectivity index (χ0v) is 9.83. The van der Waals surface area contributed by atoms with E-state index in [1.807, 2.05) is 31.2 Å². The van der Waals surface area contributed by atoms with Gasteiger partial charge in [0.15, 0.2) is 5.69 Å². The molecule has 1 N–H and O–H groups in total. The first-order chi connectivity index (χ1) is 8.65. The van der Waals surface area contributed by atoms with Crippen molar-refractivity contribution in [1.82, 2.24) is 9.97 Å². The third kappa shape index (κ3) is 3.04. The summed E-state index contributed by atoms with van der Waals surface area (Å²) < 4.78 is 5.50. The number of carboxylic acids is 1. The first-order valence-corrected chi connectivity index (χ1v) is 5.39. The summed E-state index contributed by atoms with van der Waals surface area (Å²) in [6.45, 7) is 2.21. The van der Waals surface area contributed by atoms with Gasteiger partial charge in [0.2, 0.25) is 0 Å². The van der Waals surface area contributed by atoms with E-state index in [-0.39, 0.29) is 12.3 Å². The van der Waals surface area contributed by atoms with Gasteiger partial charge < -0.3 is 9.84 Å². The topological polar surface area (TPSA) is 72.3 Å². The smallest absolute Gasteiger partial charge is 0.354 e. The molecule has 0 aliphatic carbocycles. The largest absolute Gasteiger partial charge is 0.487 e. The lowest BCUT2D eigenvalue weighted by Gasteiger charge is -2.06. The molecule has 5 nitrogen and oxygen atoms in total. The van der Waals surface area contributed by atoms with Gasteiger partial charge in [0.1, 0.15) is 18.7 Å². The molecule has 0 amide bonds. The number of carbonyl (C=O) groups is 1. The quantitative estimate of drug-likeness (QED) is 0.891. The average molecular weight is 244 g/mol. The van der Waals surface area contributed by atoms with Crippen molar-refractivity contribution in [3.05, 3.63) is 53.6 Å². The monoisotopic (exact) mass is 244 g/mol. The highest BCUT2D eigenvalue weighted by atomic mass is 16.5. The maximum Gasteiger partial charge on any atom is 0.354 e. The Morgan fingerprint density at radius 2 is 2.00 bits per heavy atom. The average Bonchev–Trinajstić information content (AvgIpc) is 2.38. The lowest BCUT2D eigenvalue weighted by molar-refractivity contribution is 0.0690. The van der Waals surface area contributed by atoms with Crippen molar-refractivity contribution in [2.45, 2.75) is 13.5 Å². The van der Waals surface area contributed by atoms with E-state index in [0.29, 0.717) is 5.69 Å². The van der Waals surface area contributed by atoms with Gasteiger partial charge in [-0.3, -0.25) is 0 Å². The molecule has 0 radical (unpaired) electrons. The Morgan fingerprint density at radius 3 is 2.67 bits per heavy atom. The number of hydrogen-bond acceptors (Lipinski definition) is 4. The van der Waals surface area contributed by atoms with Gasteiger partial charge in [-0.2, -0.15) is 0 Å². The van der Waals surface area contributed by atoms with Crippen molar-refractivity contribution < 1.29 is 14.6 Å². The van der Waals surface area contributed by atoms with Crippen LogP contribution in [0.1, 0.15) is 21.7 Å². The molecule has 1 aromatic carbocycles. The Morgan fingerprint density at radius 1 is 1.28 bits per heavy atom. The highest BCUT2D eigenvalue weighted by molar-refractivity contribution is 5.85. The van der Waals surface area contributed by atoms with Crippen LogP contribution in [0, 0.1) is 6.92 Å². The number of carboxylic acid groups (broad SMARTS) is 1. The first-order valence-electron chi connectivity index (χ1n) is 5.39. The van der Waals surface area contributed by atoms with Crippen molar-refractivity contribution in [2.24, 2.45) is 0 Å². The van der Waals surface area contributed by atoms with Gasteiger partial charge >= 0.3 is 5.97 Å². The van der Waals surface area contributed by atoms with E-state index >= 15 is 0 Å². The Hall–Kier alpha value is -2.43. The van der Waals surface area contributed by atoms with Gasteiger partial charge in [-0.25, -0.2) is 14.8 Å². The number of ether oxygens (including phenoxy) is 1. The van der Waals surface area contributed by atoms with Crippen LogP contribution in [0.3, 0.4) is 0 Å². The molecule has 2 aromatic rings. The van der Waals surface area contributed by atoms with Crippen LogP contribution < -0.4 is 4.74 Å². The molecule has 5 heteroatoms. The van der Waals surface area contributed by atoms with Gasteiger partial charge in [0.25, 0.3) is 0 Å². The van der Waals surface area contributed by atoms with Gasteiger partial charge in [-0.15, -0.1) is 0 Å². The molecule has 92 valence electrons. The van der Waals surface area contributed by atoms with Crippen LogP contribution in [0.2, 0.25) is 0 Å². The highest BCUT2D eigenvalue weighted by Gasteiger charge is 2.06. The Labute approximate surface area is 104 Å². The van der Waals surface area contributed by atoms with Crippen LogP contribution in [-0.2, 0) is 6.61 Å². The summed E-state index contributed by atoms with van der Waals surface area (Å²) >= 11 is 0. The molecule has 1 aromatic heterocycles. The number of benzene rings is 1. The van der Waals surface area contributed by atoms with Crippen LogP contribution in [-0.4, -0.2) is 21.0 Å². The predicted octanol–water partition coefficient (Wildman–Crippen LogP) is 2.06. The van der Waals surface area contributed by atoms with Gasteiger partial charge in [-0.1, -0.05) is 17.7 Å². The maximum absolute atomic E-state index is 10.7. The van der Waals surface area contributed by atoms with Crippen LogP contribution >= 0.6 is 0 Å². The standard InChI is InChI=1S/C13H12N2O3/c1-9-2-4-11(5-3-9)18-7-10-6-12(13(16)17)15-8-14-10/h2-6,8H,7H2,1H3,(H,16,17). The third-order valence-electron chi connectivity index (χ3n) is 2.35. The number of hydrogen-bond donors (Lipinski definition) is 1. The second kappa shape index (κ2) is 5.27. The molecule has 1 heterocycles. The molecule has 2 rings (SSSR count). The van der Waals surface area contributed by atoms with Crippen molar-refractivity contribution in [1.29, 1.82) is 0 Å². The van der Waals surface area contributed by atoms with E-state index in [1.165, 1.54) is 12.4 Å². The number of rotatable bonds is 4. The summed E-state index contributed by atoms with van der Waals surface area (Å²) in [5.41, 5.74) is 1.65. The molecule has 0 spiro atoms. The summed E-state index contributed by atoms with van der Waals surface area (Å²) in [6, 6.07) is 9.00. The van der Waals surface area contributed by atoms with E-state index in [1.54, 1.807) is 0 Å². The fourth-order valence-electron chi connectivity index (χ4n) is 1.39. The zero-order chi connectivity index (χ0) is 13.0. The van der Waals surface area contributed by atoms with Gasteiger partial charge in [0, 0.05) is 0 Å². The minimum absolute atomic E-state index is 0.0347. The summed E-state index contributed by atoms with van der Waals surface area (Å²) in [5, 5.41) is 8.79. The molecule has 0 unspecified atom stereocenters. The molecular weight excluding hydrogens is 232 g/mol. The molecule has 0 atom stereocenters. The van der Waals surface area contributed by atoms with Gasteiger partial charge in [0.05, 0.1) is 5.69 Å². The minimum atomic E-state index is -1.08. The summed E-state index contributed by atoms with van der Waals surface area (Å²) in [7, 11) is 0. The van der Waals surface area contributed by atoms with Crippen LogP contribution in [0.4, 0.5) is 0 Å². The zero-order valence-electron chi connectivity index (χ0n) is 9.83.